The van der Waals surface area contributed by atoms with Crippen molar-refractivity contribution >= 4 is 34.0 Å². The van der Waals surface area contributed by atoms with Crippen molar-refractivity contribution in [2.45, 2.75) is 20.3 Å². The Bertz CT molecular complexity index is 1230. The van der Waals surface area contributed by atoms with E-state index in [1.54, 1.807) is 11.7 Å². The standard InChI is InChI=1S/C23H24N4O3/c1-4-14(2)13-30-23(28)19-20-22(26-18-11-6-5-10-17(18)25-20)27(21(19)24)15-8-7-9-16(12-15)29-3/h5-12,14H,4,13,24H2,1-3H3. The number of nitrogen functional groups attached to an aromatic ring is 1. The Balaban J connectivity index is 1.95. The van der Waals surface area contributed by atoms with Gasteiger partial charge in [0.2, 0.25) is 0 Å². The van der Waals surface area contributed by atoms with Gasteiger partial charge in [-0.1, -0.05) is 38.5 Å². The maximum Gasteiger partial charge on any atom is 0.344 e. The van der Waals surface area contributed by atoms with Gasteiger partial charge in [-0.3, -0.25) is 4.57 Å². The lowest BCUT2D eigenvalue weighted by atomic mass is 10.1. The molecule has 1 atom stereocenters. The lowest BCUT2D eigenvalue weighted by Gasteiger charge is -2.10. The smallest absolute Gasteiger partial charge is 0.344 e. The molecule has 0 saturated carbocycles. The highest BCUT2D eigenvalue weighted by atomic mass is 16.5. The van der Waals surface area contributed by atoms with Crippen LogP contribution in [0.15, 0.2) is 48.5 Å². The van der Waals surface area contributed by atoms with E-state index < -0.39 is 5.97 Å². The van der Waals surface area contributed by atoms with Crippen molar-refractivity contribution in [2.24, 2.45) is 5.92 Å². The second-order valence-electron chi connectivity index (χ2n) is 7.29. The third-order valence-corrected chi connectivity index (χ3v) is 5.21. The van der Waals surface area contributed by atoms with E-state index in [-0.39, 0.29) is 17.3 Å². The predicted molar refractivity (Wildman–Crippen MR) is 117 cm³/mol. The molecule has 0 aliphatic rings. The zero-order valence-corrected chi connectivity index (χ0v) is 17.3. The van der Waals surface area contributed by atoms with E-state index in [1.165, 1.54) is 0 Å². The molecule has 7 nitrogen and oxygen atoms in total. The highest BCUT2D eigenvalue weighted by molar-refractivity contribution is 6.09. The molecule has 4 aromatic rings. The van der Waals surface area contributed by atoms with E-state index in [2.05, 4.69) is 6.92 Å². The first-order valence-electron chi connectivity index (χ1n) is 9.91. The number of carbonyl (C=O) groups is 1. The summed E-state index contributed by atoms with van der Waals surface area (Å²) in [6.45, 7) is 4.41. The van der Waals surface area contributed by atoms with Gasteiger partial charge in [0.15, 0.2) is 5.65 Å². The zero-order valence-electron chi connectivity index (χ0n) is 17.3. The predicted octanol–water partition coefficient (Wildman–Crippen LogP) is 4.37. The lowest BCUT2D eigenvalue weighted by molar-refractivity contribution is 0.0450. The van der Waals surface area contributed by atoms with E-state index in [0.717, 1.165) is 12.1 Å². The van der Waals surface area contributed by atoms with Gasteiger partial charge in [-0.25, -0.2) is 14.8 Å². The quantitative estimate of drug-likeness (QED) is 0.480. The Hall–Kier alpha value is -3.61. The van der Waals surface area contributed by atoms with E-state index in [1.807, 2.05) is 55.5 Å². The van der Waals surface area contributed by atoms with Gasteiger partial charge in [-0.15, -0.1) is 0 Å². The van der Waals surface area contributed by atoms with Crippen LogP contribution in [0.4, 0.5) is 5.82 Å². The van der Waals surface area contributed by atoms with Crippen molar-refractivity contribution in [1.29, 1.82) is 0 Å². The summed E-state index contributed by atoms with van der Waals surface area (Å²) in [4.78, 5) is 22.5. The van der Waals surface area contributed by atoms with Crippen LogP contribution in [0.25, 0.3) is 27.9 Å². The van der Waals surface area contributed by atoms with Gasteiger partial charge in [-0.05, 0) is 30.2 Å². The highest BCUT2D eigenvalue weighted by Gasteiger charge is 2.26. The minimum absolute atomic E-state index is 0.231. The molecule has 0 bridgehead atoms. The van der Waals surface area contributed by atoms with Gasteiger partial charge in [0.05, 0.1) is 30.4 Å². The molecule has 0 saturated heterocycles. The van der Waals surface area contributed by atoms with Crippen LogP contribution in [-0.2, 0) is 4.74 Å². The minimum atomic E-state index is -0.496. The fourth-order valence-corrected chi connectivity index (χ4v) is 3.28. The molecular formula is C23H24N4O3. The summed E-state index contributed by atoms with van der Waals surface area (Å²) in [6, 6.07) is 14.9. The topological polar surface area (TPSA) is 92.3 Å². The largest absolute Gasteiger partial charge is 0.497 e. The molecule has 4 rings (SSSR count). The molecule has 2 heterocycles. The van der Waals surface area contributed by atoms with Crippen molar-refractivity contribution in [3.05, 3.63) is 54.1 Å². The van der Waals surface area contributed by atoms with Gasteiger partial charge in [0.1, 0.15) is 22.6 Å². The van der Waals surface area contributed by atoms with Gasteiger partial charge < -0.3 is 15.2 Å². The Morgan fingerprint density at radius 2 is 1.87 bits per heavy atom. The normalized spacial score (nSPS) is 12.2. The molecule has 0 spiro atoms. The average molecular weight is 404 g/mol. The van der Waals surface area contributed by atoms with Crippen molar-refractivity contribution < 1.29 is 14.3 Å². The number of rotatable bonds is 6. The molecule has 154 valence electrons. The molecule has 0 aliphatic heterocycles. The number of ether oxygens (including phenoxy) is 2. The van der Waals surface area contributed by atoms with Crippen molar-refractivity contribution in [2.75, 3.05) is 19.5 Å². The Morgan fingerprint density at radius 3 is 2.57 bits per heavy atom. The second-order valence-corrected chi connectivity index (χ2v) is 7.29. The maximum absolute atomic E-state index is 13.0. The summed E-state index contributed by atoms with van der Waals surface area (Å²) in [7, 11) is 1.60. The zero-order chi connectivity index (χ0) is 21.3. The van der Waals surface area contributed by atoms with Gasteiger partial charge >= 0.3 is 5.97 Å². The summed E-state index contributed by atoms with van der Waals surface area (Å²) in [5.41, 5.74) is 9.75. The Labute approximate surface area is 174 Å². The fourth-order valence-electron chi connectivity index (χ4n) is 3.28. The fraction of sp³-hybridized carbons (Fsp3) is 0.261. The summed E-state index contributed by atoms with van der Waals surface area (Å²) >= 11 is 0. The van der Waals surface area contributed by atoms with Crippen molar-refractivity contribution in [3.63, 3.8) is 0 Å². The van der Waals surface area contributed by atoms with Crippen LogP contribution >= 0.6 is 0 Å². The number of methoxy groups -OCH3 is 1. The number of benzene rings is 2. The number of fused-ring (bicyclic) bond motifs is 2. The number of nitrogens with two attached hydrogens (primary N) is 1. The molecule has 0 amide bonds. The molecule has 0 aliphatic carbocycles. The third kappa shape index (κ3) is 3.43. The van der Waals surface area contributed by atoms with Crippen LogP contribution in [0.3, 0.4) is 0 Å². The second kappa shape index (κ2) is 8.02. The third-order valence-electron chi connectivity index (χ3n) is 5.21. The number of carbonyl (C=O) groups excluding carboxylic acids is 1. The number of esters is 1. The van der Waals surface area contributed by atoms with Crippen LogP contribution in [0.5, 0.6) is 5.75 Å². The SMILES string of the molecule is CCC(C)COC(=O)c1c(N)n(-c2cccc(OC)c2)c2nc3ccccc3nc12. The maximum atomic E-state index is 13.0. The molecule has 7 heteroatoms. The van der Waals surface area contributed by atoms with Gasteiger partial charge in [0, 0.05) is 6.07 Å². The summed E-state index contributed by atoms with van der Waals surface area (Å²) in [5.74, 6) is 0.670. The van der Waals surface area contributed by atoms with Gasteiger partial charge in [-0.2, -0.15) is 0 Å². The van der Waals surface area contributed by atoms with E-state index in [4.69, 9.17) is 25.2 Å². The Morgan fingerprint density at radius 1 is 1.13 bits per heavy atom. The summed E-state index contributed by atoms with van der Waals surface area (Å²) in [5, 5.41) is 0. The molecule has 2 aromatic heterocycles. The van der Waals surface area contributed by atoms with Crippen molar-refractivity contribution in [1.82, 2.24) is 14.5 Å². The number of para-hydroxylation sites is 2. The van der Waals surface area contributed by atoms with Crippen molar-refractivity contribution in [3.8, 4) is 11.4 Å². The van der Waals surface area contributed by atoms with E-state index in [9.17, 15) is 4.79 Å². The number of hydrogen-bond donors (Lipinski definition) is 1. The van der Waals surface area contributed by atoms with Crippen LogP contribution in [0, 0.1) is 5.92 Å². The first-order chi connectivity index (χ1) is 14.5. The molecule has 0 fully saturated rings. The summed E-state index contributed by atoms with van der Waals surface area (Å²) in [6.07, 6.45) is 0.915. The molecule has 2 aromatic carbocycles. The molecule has 1 unspecified atom stereocenters. The average Bonchev–Trinajstić information content (AvgIpc) is 3.06. The van der Waals surface area contributed by atoms with Crippen LogP contribution < -0.4 is 10.5 Å². The first-order valence-corrected chi connectivity index (χ1v) is 9.91. The van der Waals surface area contributed by atoms with E-state index in [0.29, 0.717) is 34.6 Å². The highest BCUT2D eigenvalue weighted by Crippen LogP contribution is 2.32. The minimum Gasteiger partial charge on any atom is -0.497 e. The molecule has 30 heavy (non-hydrogen) atoms. The van der Waals surface area contributed by atoms with Crippen LogP contribution in [0.2, 0.25) is 0 Å². The van der Waals surface area contributed by atoms with Crippen LogP contribution in [0.1, 0.15) is 30.6 Å². The molecule has 2 N–H and O–H groups in total. The molecule has 0 radical (unpaired) electrons. The van der Waals surface area contributed by atoms with Gasteiger partial charge in [0.25, 0.3) is 0 Å². The number of aromatic nitrogens is 3. The lowest BCUT2D eigenvalue weighted by Crippen LogP contribution is -2.13. The van der Waals surface area contributed by atoms with Crippen LogP contribution in [-0.4, -0.2) is 34.2 Å². The monoisotopic (exact) mass is 404 g/mol. The summed E-state index contributed by atoms with van der Waals surface area (Å²) < 4.78 is 12.6. The molecular weight excluding hydrogens is 380 g/mol. The van der Waals surface area contributed by atoms with E-state index >= 15 is 0 Å². The number of hydrogen-bond acceptors (Lipinski definition) is 6. The Kier molecular flexibility index (Phi) is 5.27. The first kappa shape index (κ1) is 19.7. The number of nitrogens with zero attached hydrogens (tertiary/aromatic N) is 3. The number of anilines is 1.